The molecule has 1 aliphatic heterocycles. The van der Waals surface area contributed by atoms with E-state index in [-0.39, 0.29) is 0 Å². The summed E-state index contributed by atoms with van der Waals surface area (Å²) in [6.45, 7) is 9.06. The molecule has 1 N–H and O–H groups in total. The Morgan fingerprint density at radius 1 is 1.41 bits per heavy atom. The molecule has 5 nitrogen and oxygen atoms in total. The number of nitrogens with one attached hydrogen (secondary N) is 1. The van der Waals surface area contributed by atoms with Gasteiger partial charge in [-0.3, -0.25) is 9.30 Å². The minimum atomic E-state index is 0.322. The molecule has 1 saturated carbocycles. The van der Waals surface area contributed by atoms with E-state index in [1.807, 2.05) is 0 Å². The molecule has 2 aromatic heterocycles. The lowest BCUT2D eigenvalue weighted by atomic mass is 10.2. The molecule has 6 heteroatoms. The van der Waals surface area contributed by atoms with E-state index < -0.39 is 0 Å². The number of aromatic nitrogens is 2. The number of morpholine rings is 1. The van der Waals surface area contributed by atoms with Gasteiger partial charge in [-0.2, -0.15) is 0 Å². The van der Waals surface area contributed by atoms with Crippen LogP contribution in [0.3, 0.4) is 0 Å². The van der Waals surface area contributed by atoms with Crippen molar-refractivity contribution in [3.8, 4) is 0 Å². The van der Waals surface area contributed by atoms with Gasteiger partial charge in [-0.15, -0.1) is 11.3 Å². The van der Waals surface area contributed by atoms with Crippen LogP contribution in [0.1, 0.15) is 29.1 Å². The lowest BCUT2D eigenvalue weighted by Gasteiger charge is -2.33. The number of thiazole rings is 1. The molecule has 3 heterocycles. The Kier molecular flexibility index (Phi) is 3.94. The summed E-state index contributed by atoms with van der Waals surface area (Å²) in [5.74, 6) is 0. The van der Waals surface area contributed by atoms with Gasteiger partial charge in [0.1, 0.15) is 0 Å². The van der Waals surface area contributed by atoms with Crippen molar-refractivity contribution in [1.29, 1.82) is 0 Å². The molecule has 2 aromatic rings. The van der Waals surface area contributed by atoms with Crippen molar-refractivity contribution in [2.45, 2.75) is 45.4 Å². The predicted molar refractivity (Wildman–Crippen MR) is 88.6 cm³/mol. The van der Waals surface area contributed by atoms with Gasteiger partial charge in [0.25, 0.3) is 0 Å². The van der Waals surface area contributed by atoms with Gasteiger partial charge in [0, 0.05) is 43.3 Å². The maximum Gasteiger partial charge on any atom is 0.194 e. The highest BCUT2D eigenvalue weighted by Gasteiger charge is 2.32. The third-order valence-electron chi connectivity index (χ3n) is 4.64. The maximum atomic E-state index is 5.90. The molecule has 22 heavy (non-hydrogen) atoms. The quantitative estimate of drug-likeness (QED) is 0.914. The molecule has 1 atom stereocenters. The second-order valence-electron chi connectivity index (χ2n) is 6.49. The molecule has 1 saturated heterocycles. The monoisotopic (exact) mass is 320 g/mol. The number of hydrogen-bond donors (Lipinski definition) is 1. The van der Waals surface area contributed by atoms with Crippen molar-refractivity contribution < 1.29 is 4.74 Å². The fourth-order valence-electron chi connectivity index (χ4n) is 3.31. The van der Waals surface area contributed by atoms with Crippen LogP contribution in [-0.2, 0) is 11.3 Å². The van der Waals surface area contributed by atoms with Crippen LogP contribution in [0.25, 0.3) is 4.96 Å². The summed E-state index contributed by atoms with van der Waals surface area (Å²) in [5, 5.41) is 3.57. The highest BCUT2D eigenvalue weighted by atomic mass is 32.1. The summed E-state index contributed by atoms with van der Waals surface area (Å²) < 4.78 is 8.13. The molecule has 0 bridgehead atoms. The number of nitrogens with zero attached hydrogens (tertiary/aromatic N) is 3. The Balaban J connectivity index is 1.34. The second-order valence-corrected chi connectivity index (χ2v) is 7.70. The van der Waals surface area contributed by atoms with Crippen LogP contribution in [0.5, 0.6) is 0 Å². The topological polar surface area (TPSA) is 41.8 Å². The van der Waals surface area contributed by atoms with Crippen LogP contribution in [0, 0.1) is 13.8 Å². The van der Waals surface area contributed by atoms with E-state index in [2.05, 4.69) is 39.6 Å². The molecular formula is C16H24N4OS. The molecule has 0 unspecified atom stereocenters. The van der Waals surface area contributed by atoms with Crippen LogP contribution in [0.2, 0.25) is 0 Å². The average Bonchev–Trinajstić information content (AvgIpc) is 3.23. The summed E-state index contributed by atoms with van der Waals surface area (Å²) in [6.07, 6.45) is 5.26. The predicted octanol–water partition coefficient (Wildman–Crippen LogP) is 1.97. The molecule has 0 radical (unpaired) electrons. The van der Waals surface area contributed by atoms with Gasteiger partial charge in [-0.25, -0.2) is 4.98 Å². The fourth-order valence-corrected chi connectivity index (χ4v) is 4.20. The van der Waals surface area contributed by atoms with E-state index in [4.69, 9.17) is 4.74 Å². The van der Waals surface area contributed by atoms with E-state index in [1.54, 1.807) is 11.3 Å². The standard InChI is InChI=1S/C16H24N4OS/c1-11-9-20-15(12(2)18-16(20)22-11)8-17-7-14-10-19(5-6-21-14)13-3-4-13/h9,13-14,17H,3-8,10H2,1-2H3/t14-/m0/s1. The van der Waals surface area contributed by atoms with Gasteiger partial charge in [0.15, 0.2) is 4.96 Å². The first-order valence-electron chi connectivity index (χ1n) is 8.21. The Morgan fingerprint density at radius 2 is 2.27 bits per heavy atom. The van der Waals surface area contributed by atoms with Gasteiger partial charge in [0.05, 0.1) is 24.1 Å². The first-order valence-corrected chi connectivity index (χ1v) is 9.02. The lowest BCUT2D eigenvalue weighted by Crippen LogP contribution is -2.47. The first kappa shape index (κ1) is 14.6. The minimum absolute atomic E-state index is 0.322. The molecule has 2 aliphatic rings. The number of rotatable bonds is 5. The van der Waals surface area contributed by atoms with E-state index in [0.717, 1.165) is 49.5 Å². The summed E-state index contributed by atoms with van der Waals surface area (Å²) in [7, 11) is 0. The van der Waals surface area contributed by atoms with Gasteiger partial charge in [-0.1, -0.05) is 0 Å². The third kappa shape index (κ3) is 2.93. The van der Waals surface area contributed by atoms with E-state index in [0.29, 0.717) is 6.10 Å². The molecule has 120 valence electrons. The molecule has 0 spiro atoms. The van der Waals surface area contributed by atoms with Crippen LogP contribution < -0.4 is 5.32 Å². The Labute approximate surface area is 135 Å². The SMILES string of the molecule is Cc1cn2c(CNC[C@H]3CN(C4CC4)CCO3)c(C)nc2s1. The normalized spacial score (nSPS) is 23.5. The van der Waals surface area contributed by atoms with Crippen molar-refractivity contribution >= 4 is 16.3 Å². The third-order valence-corrected chi connectivity index (χ3v) is 5.54. The van der Waals surface area contributed by atoms with Gasteiger partial charge >= 0.3 is 0 Å². The first-order chi connectivity index (χ1) is 10.7. The molecular weight excluding hydrogens is 296 g/mol. The molecule has 1 aliphatic carbocycles. The Morgan fingerprint density at radius 3 is 3.09 bits per heavy atom. The van der Waals surface area contributed by atoms with E-state index in [1.165, 1.54) is 23.4 Å². The van der Waals surface area contributed by atoms with Gasteiger partial charge in [0.2, 0.25) is 0 Å². The van der Waals surface area contributed by atoms with Crippen molar-refractivity contribution in [3.05, 3.63) is 22.5 Å². The van der Waals surface area contributed by atoms with Crippen LogP contribution in [0.4, 0.5) is 0 Å². The summed E-state index contributed by atoms with van der Waals surface area (Å²) in [6, 6.07) is 0.844. The molecule has 0 aromatic carbocycles. The minimum Gasteiger partial charge on any atom is -0.374 e. The van der Waals surface area contributed by atoms with Crippen molar-refractivity contribution in [3.63, 3.8) is 0 Å². The molecule has 0 amide bonds. The van der Waals surface area contributed by atoms with Crippen molar-refractivity contribution in [1.82, 2.24) is 19.6 Å². The largest absolute Gasteiger partial charge is 0.374 e. The van der Waals surface area contributed by atoms with Gasteiger partial charge in [-0.05, 0) is 26.7 Å². The number of aryl methyl sites for hydroxylation is 2. The Bertz CT molecular complexity index is 660. The van der Waals surface area contributed by atoms with Crippen LogP contribution >= 0.6 is 11.3 Å². The smallest absolute Gasteiger partial charge is 0.194 e. The highest BCUT2D eigenvalue weighted by Crippen LogP contribution is 2.28. The zero-order valence-electron chi connectivity index (χ0n) is 13.3. The fraction of sp³-hybridized carbons (Fsp3) is 0.688. The zero-order chi connectivity index (χ0) is 15.1. The summed E-state index contributed by atoms with van der Waals surface area (Å²) >= 11 is 1.75. The second kappa shape index (κ2) is 5.92. The molecule has 2 fully saturated rings. The number of fused-ring (bicyclic) bond motifs is 1. The Hall–Kier alpha value is -0.950. The summed E-state index contributed by atoms with van der Waals surface area (Å²) in [4.78, 5) is 9.65. The summed E-state index contributed by atoms with van der Waals surface area (Å²) in [5.41, 5.74) is 2.40. The van der Waals surface area contributed by atoms with E-state index in [9.17, 15) is 0 Å². The number of hydrogen-bond acceptors (Lipinski definition) is 5. The maximum absolute atomic E-state index is 5.90. The van der Waals surface area contributed by atoms with Gasteiger partial charge < -0.3 is 10.1 Å². The number of ether oxygens (including phenoxy) is 1. The van der Waals surface area contributed by atoms with Crippen LogP contribution in [-0.4, -0.2) is 52.7 Å². The average molecular weight is 320 g/mol. The number of imidazole rings is 1. The van der Waals surface area contributed by atoms with Crippen LogP contribution in [0.15, 0.2) is 6.20 Å². The lowest BCUT2D eigenvalue weighted by molar-refractivity contribution is -0.0301. The van der Waals surface area contributed by atoms with Crippen molar-refractivity contribution in [2.75, 3.05) is 26.2 Å². The van der Waals surface area contributed by atoms with E-state index >= 15 is 0 Å². The highest BCUT2D eigenvalue weighted by molar-refractivity contribution is 7.17. The van der Waals surface area contributed by atoms with Crippen molar-refractivity contribution in [2.24, 2.45) is 0 Å². The molecule has 4 rings (SSSR count). The zero-order valence-corrected chi connectivity index (χ0v) is 14.2.